The van der Waals surface area contributed by atoms with Crippen molar-refractivity contribution >= 4 is 11.6 Å². The van der Waals surface area contributed by atoms with E-state index in [1.807, 2.05) is 25.1 Å². The van der Waals surface area contributed by atoms with Crippen LogP contribution >= 0.6 is 0 Å². The van der Waals surface area contributed by atoms with E-state index >= 15 is 0 Å². The summed E-state index contributed by atoms with van der Waals surface area (Å²) in [6.45, 7) is 2.59. The molecule has 0 spiro atoms. The summed E-state index contributed by atoms with van der Waals surface area (Å²) in [4.78, 5) is 22.2. The molecule has 1 aromatic carbocycles. The number of hydrogen-bond acceptors (Lipinski definition) is 4. The quantitative estimate of drug-likeness (QED) is 0.866. The Balaban J connectivity index is 1.69. The molecule has 21 heavy (non-hydrogen) atoms. The molecule has 2 heterocycles. The zero-order chi connectivity index (χ0) is 14.7. The number of ether oxygens (including phenoxy) is 1. The number of anilines is 1. The van der Waals surface area contributed by atoms with E-state index in [2.05, 4.69) is 16.0 Å². The van der Waals surface area contributed by atoms with Crippen LogP contribution in [0.15, 0.2) is 36.7 Å². The minimum Gasteiger partial charge on any atom is -0.467 e. The van der Waals surface area contributed by atoms with Gasteiger partial charge in [0.2, 0.25) is 5.88 Å². The number of para-hydroxylation sites is 1. The molecule has 1 aliphatic rings. The van der Waals surface area contributed by atoms with Gasteiger partial charge in [0, 0.05) is 24.0 Å². The normalized spacial score (nSPS) is 13.7. The van der Waals surface area contributed by atoms with Gasteiger partial charge in [-0.2, -0.15) is 0 Å². The maximum absolute atomic E-state index is 12.4. The summed E-state index contributed by atoms with van der Waals surface area (Å²) in [5.41, 5.74) is 3.03. The highest BCUT2D eigenvalue weighted by molar-refractivity contribution is 5.95. The summed E-state index contributed by atoms with van der Waals surface area (Å²) in [5, 5.41) is 0. The fourth-order valence-corrected chi connectivity index (χ4v) is 2.52. The van der Waals surface area contributed by atoms with Gasteiger partial charge in [0.05, 0.1) is 0 Å². The van der Waals surface area contributed by atoms with Gasteiger partial charge in [-0.15, -0.1) is 0 Å². The van der Waals surface area contributed by atoms with Crippen LogP contribution in [0.2, 0.25) is 0 Å². The molecule has 3 rings (SSSR count). The first-order chi connectivity index (χ1) is 10.2. The van der Waals surface area contributed by atoms with Crippen molar-refractivity contribution in [1.29, 1.82) is 0 Å². The van der Waals surface area contributed by atoms with Crippen LogP contribution in [0.5, 0.6) is 5.88 Å². The van der Waals surface area contributed by atoms with E-state index in [1.54, 1.807) is 11.0 Å². The third kappa shape index (κ3) is 3.02. The zero-order valence-corrected chi connectivity index (χ0v) is 12.0. The molecule has 0 saturated heterocycles. The van der Waals surface area contributed by atoms with Crippen LogP contribution in [0.4, 0.5) is 5.69 Å². The fraction of sp³-hybridized carbons (Fsp3) is 0.312. The number of aromatic nitrogens is 2. The lowest BCUT2D eigenvalue weighted by Gasteiger charge is -2.29. The highest BCUT2D eigenvalue weighted by atomic mass is 16.5. The summed E-state index contributed by atoms with van der Waals surface area (Å²) in [6.07, 6.45) is 3.44. The monoisotopic (exact) mass is 283 g/mol. The lowest BCUT2D eigenvalue weighted by atomic mass is 10.0. The molecule has 1 amide bonds. The Kier molecular flexibility index (Phi) is 3.81. The average molecular weight is 283 g/mol. The van der Waals surface area contributed by atoms with Crippen LogP contribution in [0, 0.1) is 6.92 Å². The smallest absolute Gasteiger partial charge is 0.264 e. The molecule has 5 heteroatoms. The molecular formula is C16H17N3O2. The van der Waals surface area contributed by atoms with Crippen molar-refractivity contribution in [2.24, 2.45) is 0 Å². The largest absolute Gasteiger partial charge is 0.467 e. The molecule has 1 aliphatic heterocycles. The van der Waals surface area contributed by atoms with Crippen LogP contribution in [-0.2, 0) is 11.2 Å². The second-order valence-electron chi connectivity index (χ2n) is 5.06. The molecule has 0 unspecified atom stereocenters. The number of hydrogen-bond donors (Lipinski definition) is 0. The number of rotatable bonds is 3. The van der Waals surface area contributed by atoms with Crippen molar-refractivity contribution in [2.45, 2.75) is 19.8 Å². The van der Waals surface area contributed by atoms with Gasteiger partial charge in [-0.3, -0.25) is 4.79 Å². The summed E-state index contributed by atoms with van der Waals surface area (Å²) in [5.74, 6) is 0.388. The van der Waals surface area contributed by atoms with Gasteiger partial charge < -0.3 is 9.64 Å². The van der Waals surface area contributed by atoms with Crippen LogP contribution in [0.25, 0.3) is 0 Å². The second kappa shape index (κ2) is 5.91. The van der Waals surface area contributed by atoms with E-state index in [1.165, 1.54) is 11.9 Å². The molecule has 0 atom stereocenters. The molecular weight excluding hydrogens is 266 g/mol. The Bertz CT molecular complexity index is 657. The van der Waals surface area contributed by atoms with E-state index in [9.17, 15) is 4.79 Å². The van der Waals surface area contributed by atoms with E-state index in [0.29, 0.717) is 5.88 Å². The highest BCUT2D eigenvalue weighted by Crippen LogP contribution is 2.26. The Morgan fingerprint density at radius 2 is 2.19 bits per heavy atom. The van der Waals surface area contributed by atoms with E-state index < -0.39 is 0 Å². The molecule has 0 fully saturated rings. The molecule has 108 valence electrons. The number of carbonyl (C=O) groups is 1. The maximum atomic E-state index is 12.4. The predicted molar refractivity (Wildman–Crippen MR) is 79.4 cm³/mol. The summed E-state index contributed by atoms with van der Waals surface area (Å²) in [7, 11) is 0. The van der Waals surface area contributed by atoms with E-state index in [-0.39, 0.29) is 12.5 Å². The minimum atomic E-state index is -0.0431. The van der Waals surface area contributed by atoms with Crippen molar-refractivity contribution in [2.75, 3.05) is 18.1 Å². The molecule has 5 nitrogen and oxygen atoms in total. The fourth-order valence-electron chi connectivity index (χ4n) is 2.52. The lowest BCUT2D eigenvalue weighted by Crippen LogP contribution is -2.38. The highest BCUT2D eigenvalue weighted by Gasteiger charge is 2.22. The van der Waals surface area contributed by atoms with Gasteiger partial charge >= 0.3 is 0 Å². The summed E-state index contributed by atoms with van der Waals surface area (Å²) >= 11 is 0. The number of nitrogens with zero attached hydrogens (tertiary/aromatic N) is 3. The number of carbonyl (C=O) groups excluding carboxylic acids is 1. The van der Waals surface area contributed by atoms with Gasteiger partial charge in [-0.1, -0.05) is 18.2 Å². The van der Waals surface area contributed by atoms with Crippen LogP contribution < -0.4 is 9.64 Å². The van der Waals surface area contributed by atoms with Crippen molar-refractivity contribution < 1.29 is 9.53 Å². The maximum Gasteiger partial charge on any atom is 0.264 e. The van der Waals surface area contributed by atoms with E-state index in [0.717, 1.165) is 30.8 Å². The first-order valence-corrected chi connectivity index (χ1v) is 7.04. The summed E-state index contributed by atoms with van der Waals surface area (Å²) < 4.78 is 5.47. The first-order valence-electron chi connectivity index (χ1n) is 7.04. The van der Waals surface area contributed by atoms with E-state index in [4.69, 9.17) is 4.74 Å². The SMILES string of the molecule is Cc1cc(OCC(=O)N2CCCc3ccccc32)ncn1. The zero-order valence-electron chi connectivity index (χ0n) is 12.0. The summed E-state index contributed by atoms with van der Waals surface area (Å²) in [6, 6.07) is 9.74. The molecule has 0 radical (unpaired) electrons. The third-order valence-electron chi connectivity index (χ3n) is 3.53. The van der Waals surface area contributed by atoms with Crippen molar-refractivity contribution in [3.05, 3.63) is 47.9 Å². The Morgan fingerprint density at radius 3 is 3.05 bits per heavy atom. The lowest BCUT2D eigenvalue weighted by molar-refractivity contribution is -0.120. The third-order valence-corrected chi connectivity index (χ3v) is 3.53. The average Bonchev–Trinajstić information content (AvgIpc) is 2.52. The van der Waals surface area contributed by atoms with Gasteiger partial charge in [0.1, 0.15) is 6.33 Å². The van der Waals surface area contributed by atoms with Crippen LogP contribution in [-0.4, -0.2) is 29.0 Å². The molecule has 0 aliphatic carbocycles. The molecule has 0 saturated carbocycles. The Morgan fingerprint density at radius 1 is 1.33 bits per heavy atom. The standard InChI is InChI=1S/C16H17N3O2/c1-12-9-15(18-11-17-12)21-10-16(20)19-8-4-6-13-5-2-3-7-14(13)19/h2-3,5,7,9,11H,4,6,8,10H2,1H3. The number of amides is 1. The van der Waals surface area contributed by atoms with Gasteiger partial charge in [0.15, 0.2) is 6.61 Å². The molecule has 2 aromatic rings. The molecule has 0 bridgehead atoms. The topological polar surface area (TPSA) is 55.3 Å². The molecule has 1 aromatic heterocycles. The Labute approximate surface area is 123 Å². The number of aryl methyl sites for hydroxylation is 2. The van der Waals surface area contributed by atoms with Gasteiger partial charge in [-0.25, -0.2) is 9.97 Å². The number of fused-ring (bicyclic) bond motifs is 1. The van der Waals surface area contributed by atoms with Gasteiger partial charge in [-0.05, 0) is 31.4 Å². The predicted octanol–water partition coefficient (Wildman–Crippen LogP) is 2.14. The number of benzene rings is 1. The van der Waals surface area contributed by atoms with Crippen LogP contribution in [0.3, 0.4) is 0 Å². The van der Waals surface area contributed by atoms with Crippen molar-refractivity contribution in [1.82, 2.24) is 9.97 Å². The minimum absolute atomic E-state index is 0.00914. The molecule has 0 N–H and O–H groups in total. The first kappa shape index (κ1) is 13.5. The van der Waals surface area contributed by atoms with Crippen molar-refractivity contribution in [3.8, 4) is 5.88 Å². The van der Waals surface area contributed by atoms with Crippen molar-refractivity contribution in [3.63, 3.8) is 0 Å². The Hall–Kier alpha value is -2.43. The second-order valence-corrected chi connectivity index (χ2v) is 5.06. The van der Waals surface area contributed by atoms with Crippen LogP contribution in [0.1, 0.15) is 17.7 Å². The van der Waals surface area contributed by atoms with Gasteiger partial charge in [0.25, 0.3) is 5.91 Å².